The van der Waals surface area contributed by atoms with Crippen LogP contribution in [0, 0.1) is 0 Å². The molecule has 0 saturated carbocycles. The molecule has 6 heteroatoms. The van der Waals surface area contributed by atoms with Gasteiger partial charge in [-0.25, -0.2) is 13.1 Å². The molecule has 1 aromatic rings. The van der Waals surface area contributed by atoms with Crippen molar-refractivity contribution in [3.63, 3.8) is 0 Å². The summed E-state index contributed by atoms with van der Waals surface area (Å²) in [6, 6.07) is 4.56. The molecule has 0 amide bonds. The predicted molar refractivity (Wildman–Crippen MR) is 57.3 cm³/mol. The topological polar surface area (TPSA) is 46.2 Å². The molecule has 0 aromatic heterocycles. The van der Waals surface area contributed by atoms with Gasteiger partial charge in [0.15, 0.2) is 0 Å². The van der Waals surface area contributed by atoms with Crippen molar-refractivity contribution < 1.29 is 8.42 Å². The Bertz CT molecular complexity index is 411. The van der Waals surface area contributed by atoms with Crippen molar-refractivity contribution in [2.75, 3.05) is 6.54 Å². The normalized spacial score (nSPS) is 11.6. The van der Waals surface area contributed by atoms with Gasteiger partial charge in [-0.1, -0.05) is 36.2 Å². The van der Waals surface area contributed by atoms with E-state index in [9.17, 15) is 8.42 Å². The highest BCUT2D eigenvalue weighted by molar-refractivity contribution is 7.89. The molecule has 0 radical (unpaired) electrons. The molecule has 0 aliphatic carbocycles. The van der Waals surface area contributed by atoms with E-state index >= 15 is 0 Å². The first-order valence-electron chi connectivity index (χ1n) is 3.92. The maximum absolute atomic E-state index is 11.6. The summed E-state index contributed by atoms with van der Waals surface area (Å²) in [5.74, 6) is 0. The highest BCUT2D eigenvalue weighted by Gasteiger charge is 2.19. The first-order valence-corrected chi connectivity index (χ1v) is 6.16. The Labute approximate surface area is 93.1 Å². The predicted octanol–water partition coefficient (Wildman–Crippen LogP) is 2.29. The zero-order valence-corrected chi connectivity index (χ0v) is 9.75. The minimum absolute atomic E-state index is 0.0646. The van der Waals surface area contributed by atoms with Gasteiger partial charge >= 0.3 is 0 Å². The number of halogens is 2. The zero-order chi connectivity index (χ0) is 10.8. The maximum Gasteiger partial charge on any atom is 0.243 e. The van der Waals surface area contributed by atoms with Crippen LogP contribution in [0.1, 0.15) is 6.92 Å². The van der Waals surface area contributed by atoms with Crippen LogP contribution >= 0.6 is 23.2 Å². The number of rotatable bonds is 3. The average Bonchev–Trinajstić information content (AvgIpc) is 2.02. The van der Waals surface area contributed by atoms with E-state index in [2.05, 4.69) is 4.72 Å². The van der Waals surface area contributed by atoms with Crippen molar-refractivity contribution >= 4 is 33.2 Å². The smallest absolute Gasteiger partial charge is 0.211 e. The Morgan fingerprint density at radius 3 is 2.21 bits per heavy atom. The van der Waals surface area contributed by atoms with E-state index in [1.165, 1.54) is 12.1 Å². The third kappa shape index (κ3) is 2.39. The molecule has 0 spiro atoms. The molecule has 0 aliphatic rings. The van der Waals surface area contributed by atoms with Crippen molar-refractivity contribution in [3.05, 3.63) is 28.2 Å². The van der Waals surface area contributed by atoms with Crippen molar-refractivity contribution in [2.45, 2.75) is 11.8 Å². The average molecular weight is 254 g/mol. The second kappa shape index (κ2) is 4.49. The second-order valence-corrected chi connectivity index (χ2v) is 5.07. The van der Waals surface area contributed by atoms with Crippen molar-refractivity contribution in [1.82, 2.24) is 4.72 Å². The number of sulfonamides is 1. The van der Waals surface area contributed by atoms with Crippen LogP contribution in [0.15, 0.2) is 23.1 Å². The summed E-state index contributed by atoms with van der Waals surface area (Å²) in [6.07, 6.45) is 0. The van der Waals surface area contributed by atoms with Crippen molar-refractivity contribution in [1.29, 1.82) is 0 Å². The molecular formula is C8H9Cl2NO2S. The summed E-state index contributed by atoms with van der Waals surface area (Å²) in [4.78, 5) is -0.0646. The quantitative estimate of drug-likeness (QED) is 0.899. The first-order chi connectivity index (χ1) is 6.49. The molecule has 1 N–H and O–H groups in total. The van der Waals surface area contributed by atoms with Gasteiger partial charge in [-0.3, -0.25) is 0 Å². The fourth-order valence-electron chi connectivity index (χ4n) is 1.00. The van der Waals surface area contributed by atoms with Gasteiger partial charge in [-0.15, -0.1) is 0 Å². The summed E-state index contributed by atoms with van der Waals surface area (Å²) in [5.41, 5.74) is 0. The van der Waals surface area contributed by atoms with Crippen LogP contribution in [0.5, 0.6) is 0 Å². The molecule has 3 nitrogen and oxygen atoms in total. The van der Waals surface area contributed by atoms with Crippen LogP contribution < -0.4 is 4.72 Å². The summed E-state index contributed by atoms with van der Waals surface area (Å²) in [5, 5.41) is 0.247. The monoisotopic (exact) mass is 253 g/mol. The second-order valence-electron chi connectivity index (χ2n) is 2.55. The van der Waals surface area contributed by atoms with Gasteiger partial charge < -0.3 is 0 Å². The van der Waals surface area contributed by atoms with Crippen molar-refractivity contribution in [2.24, 2.45) is 0 Å². The summed E-state index contributed by atoms with van der Waals surface area (Å²) < 4.78 is 25.5. The Kier molecular flexibility index (Phi) is 3.78. The molecule has 14 heavy (non-hydrogen) atoms. The van der Waals surface area contributed by atoms with Gasteiger partial charge in [0.25, 0.3) is 0 Å². The number of hydrogen-bond donors (Lipinski definition) is 1. The van der Waals surface area contributed by atoms with Crippen LogP contribution in [0.3, 0.4) is 0 Å². The molecule has 1 rings (SSSR count). The Balaban J connectivity index is 3.32. The summed E-state index contributed by atoms with van der Waals surface area (Å²) >= 11 is 11.5. The third-order valence-electron chi connectivity index (χ3n) is 1.52. The standard InChI is InChI=1S/C8H9Cl2NO2S/c1-2-11-14(12,13)8-6(9)4-3-5-7(8)10/h3-5,11H,2H2,1H3. The molecule has 0 fully saturated rings. The molecular weight excluding hydrogens is 245 g/mol. The largest absolute Gasteiger partial charge is 0.243 e. The molecule has 0 saturated heterocycles. The lowest BCUT2D eigenvalue weighted by atomic mass is 10.4. The van der Waals surface area contributed by atoms with Gasteiger partial charge in [0.05, 0.1) is 10.0 Å². The van der Waals surface area contributed by atoms with Crippen LogP contribution in [0.25, 0.3) is 0 Å². The van der Waals surface area contributed by atoms with Crippen LogP contribution in [0.2, 0.25) is 10.0 Å². The number of nitrogens with one attached hydrogen (secondary N) is 1. The van der Waals surface area contributed by atoms with Crippen molar-refractivity contribution in [3.8, 4) is 0 Å². The molecule has 0 bridgehead atoms. The van der Waals surface area contributed by atoms with E-state index in [0.717, 1.165) is 0 Å². The summed E-state index contributed by atoms with van der Waals surface area (Å²) in [7, 11) is -3.59. The van der Waals surface area contributed by atoms with E-state index < -0.39 is 10.0 Å². The molecule has 0 unspecified atom stereocenters. The van der Waals surface area contributed by atoms with Gasteiger partial charge in [-0.05, 0) is 12.1 Å². The third-order valence-corrected chi connectivity index (χ3v) is 4.02. The Hall–Kier alpha value is -0.290. The number of benzene rings is 1. The van der Waals surface area contributed by atoms with E-state index in [1.807, 2.05) is 0 Å². The van der Waals surface area contributed by atoms with Crippen LogP contribution in [-0.4, -0.2) is 15.0 Å². The molecule has 0 aliphatic heterocycles. The van der Waals surface area contributed by atoms with Gasteiger partial charge in [0.1, 0.15) is 4.90 Å². The van der Waals surface area contributed by atoms with E-state index in [1.54, 1.807) is 13.0 Å². The minimum atomic E-state index is -3.59. The highest BCUT2D eigenvalue weighted by Crippen LogP contribution is 2.28. The number of hydrogen-bond acceptors (Lipinski definition) is 2. The first kappa shape index (κ1) is 11.8. The highest BCUT2D eigenvalue weighted by atomic mass is 35.5. The molecule has 0 heterocycles. The maximum atomic E-state index is 11.6. The lowest BCUT2D eigenvalue weighted by molar-refractivity contribution is 0.584. The molecule has 0 atom stereocenters. The van der Waals surface area contributed by atoms with Gasteiger partial charge in [-0.2, -0.15) is 0 Å². The lowest BCUT2D eigenvalue weighted by Gasteiger charge is -2.07. The Morgan fingerprint density at radius 2 is 1.79 bits per heavy atom. The van der Waals surface area contributed by atoms with Crippen LogP contribution in [-0.2, 0) is 10.0 Å². The van der Waals surface area contributed by atoms with E-state index in [4.69, 9.17) is 23.2 Å². The lowest BCUT2D eigenvalue weighted by Crippen LogP contribution is -2.23. The summed E-state index contributed by atoms with van der Waals surface area (Å²) in [6.45, 7) is 1.98. The van der Waals surface area contributed by atoms with E-state index in [0.29, 0.717) is 6.54 Å². The molecule has 1 aromatic carbocycles. The van der Waals surface area contributed by atoms with Crippen LogP contribution in [0.4, 0.5) is 0 Å². The minimum Gasteiger partial charge on any atom is -0.211 e. The van der Waals surface area contributed by atoms with Gasteiger partial charge in [0.2, 0.25) is 10.0 Å². The fraction of sp³-hybridized carbons (Fsp3) is 0.250. The Morgan fingerprint density at radius 1 is 1.29 bits per heavy atom. The van der Waals surface area contributed by atoms with E-state index in [-0.39, 0.29) is 14.9 Å². The SMILES string of the molecule is CCNS(=O)(=O)c1c(Cl)cccc1Cl. The molecule has 78 valence electrons. The fourth-order valence-corrected chi connectivity index (χ4v) is 3.18. The zero-order valence-electron chi connectivity index (χ0n) is 7.42. The van der Waals surface area contributed by atoms with Gasteiger partial charge in [0, 0.05) is 6.54 Å².